The lowest BCUT2D eigenvalue weighted by Crippen LogP contribution is -2.32. The molecule has 1 fully saturated rings. The van der Waals surface area contributed by atoms with E-state index >= 15 is 0 Å². The van der Waals surface area contributed by atoms with Crippen molar-refractivity contribution in [3.05, 3.63) is 35.1 Å². The van der Waals surface area contributed by atoms with E-state index in [1.807, 2.05) is 6.92 Å². The number of halogens is 1. The third-order valence-electron chi connectivity index (χ3n) is 3.47. The first kappa shape index (κ1) is 14.2. The van der Waals surface area contributed by atoms with Gasteiger partial charge in [0.2, 0.25) is 0 Å². The molecule has 1 saturated heterocycles. The predicted octanol–water partition coefficient (Wildman–Crippen LogP) is 2.48. The van der Waals surface area contributed by atoms with Gasteiger partial charge in [-0.3, -0.25) is 4.79 Å². The van der Waals surface area contributed by atoms with Crippen molar-refractivity contribution < 1.29 is 13.9 Å². The Balaban J connectivity index is 1.82. The highest BCUT2D eigenvalue weighted by Crippen LogP contribution is 2.14. The lowest BCUT2D eigenvalue weighted by molar-refractivity contribution is 0.0313. The fourth-order valence-corrected chi connectivity index (χ4v) is 2.31. The molecular formula is C15H20FNO2. The average molecular weight is 265 g/mol. The molecule has 0 aliphatic carbocycles. The van der Waals surface area contributed by atoms with Crippen molar-refractivity contribution >= 4 is 5.78 Å². The number of aryl methyl sites for hydroxylation is 1. The van der Waals surface area contributed by atoms with Gasteiger partial charge in [-0.2, -0.15) is 0 Å². The molecule has 1 aromatic carbocycles. The normalized spacial score (nSPS) is 16.5. The van der Waals surface area contributed by atoms with Gasteiger partial charge in [-0.05, 0) is 50.6 Å². The number of Topliss-reactive ketones (excluding diaryl/α,β-unsaturated/α-hetero) is 1. The van der Waals surface area contributed by atoms with Crippen LogP contribution < -0.4 is 5.32 Å². The van der Waals surface area contributed by atoms with Crippen molar-refractivity contribution in [2.75, 3.05) is 19.7 Å². The summed E-state index contributed by atoms with van der Waals surface area (Å²) >= 11 is 0. The predicted molar refractivity (Wildman–Crippen MR) is 71.9 cm³/mol. The summed E-state index contributed by atoms with van der Waals surface area (Å²) < 4.78 is 18.8. The molecule has 0 spiro atoms. The number of hydrogen-bond donors (Lipinski definition) is 1. The number of ketones is 1. The topological polar surface area (TPSA) is 38.3 Å². The summed E-state index contributed by atoms with van der Waals surface area (Å²) in [5.41, 5.74) is 1.28. The van der Waals surface area contributed by atoms with Crippen LogP contribution in [0.3, 0.4) is 0 Å². The summed E-state index contributed by atoms with van der Waals surface area (Å²) in [6, 6.07) is 4.32. The van der Waals surface area contributed by atoms with Crippen LogP contribution in [0.4, 0.5) is 4.39 Å². The summed E-state index contributed by atoms with van der Waals surface area (Å²) in [5, 5.41) is 3.26. The Morgan fingerprint density at radius 1 is 1.42 bits per heavy atom. The first-order valence-electron chi connectivity index (χ1n) is 6.78. The molecule has 104 valence electrons. The average Bonchev–Trinajstić information content (AvgIpc) is 2.42. The molecule has 19 heavy (non-hydrogen) atoms. The van der Waals surface area contributed by atoms with E-state index in [0.29, 0.717) is 18.6 Å². The molecule has 1 N–H and O–H groups in total. The van der Waals surface area contributed by atoms with Gasteiger partial charge in [-0.15, -0.1) is 0 Å². The number of ether oxygens (including phenoxy) is 1. The van der Waals surface area contributed by atoms with E-state index in [1.54, 1.807) is 6.07 Å². The highest BCUT2D eigenvalue weighted by molar-refractivity contribution is 5.97. The number of rotatable bonds is 5. The Labute approximate surface area is 113 Å². The van der Waals surface area contributed by atoms with E-state index in [4.69, 9.17) is 4.74 Å². The molecular weight excluding hydrogens is 245 g/mol. The third kappa shape index (κ3) is 4.11. The Morgan fingerprint density at radius 2 is 2.16 bits per heavy atom. The molecule has 0 unspecified atom stereocenters. The largest absolute Gasteiger partial charge is 0.378 e. The number of benzene rings is 1. The second-order valence-electron chi connectivity index (χ2n) is 4.95. The van der Waals surface area contributed by atoms with Crippen LogP contribution in [-0.4, -0.2) is 31.6 Å². The first-order chi connectivity index (χ1) is 9.16. The van der Waals surface area contributed by atoms with Gasteiger partial charge in [0.1, 0.15) is 5.82 Å². The van der Waals surface area contributed by atoms with Crippen LogP contribution >= 0.6 is 0 Å². The molecule has 4 heteroatoms. The number of carbonyl (C=O) groups is 1. The second kappa shape index (κ2) is 6.78. The number of hydrogen-bond acceptors (Lipinski definition) is 3. The van der Waals surface area contributed by atoms with Crippen LogP contribution in [0.1, 0.15) is 35.2 Å². The number of carbonyl (C=O) groups excluding carboxylic acids is 1. The number of nitrogens with one attached hydrogen (secondary N) is 1. The van der Waals surface area contributed by atoms with Crippen LogP contribution in [0.25, 0.3) is 0 Å². The Hall–Kier alpha value is -1.26. The summed E-state index contributed by atoms with van der Waals surface area (Å²) in [7, 11) is 0. The molecule has 1 aromatic rings. The standard InChI is InChI=1S/C15H20FNO2/c1-11-2-3-12(16)10-14(11)15(18)6-9-19-13-4-7-17-8-5-13/h2-3,10,13,17H,4-9H2,1H3. The monoisotopic (exact) mass is 265 g/mol. The van der Waals surface area contributed by atoms with E-state index in [2.05, 4.69) is 5.32 Å². The van der Waals surface area contributed by atoms with E-state index in [1.165, 1.54) is 12.1 Å². The van der Waals surface area contributed by atoms with E-state index < -0.39 is 0 Å². The van der Waals surface area contributed by atoms with Gasteiger partial charge in [0.15, 0.2) is 5.78 Å². The SMILES string of the molecule is Cc1ccc(F)cc1C(=O)CCOC1CCNCC1. The van der Waals surface area contributed by atoms with Crippen molar-refractivity contribution in [1.82, 2.24) is 5.32 Å². The Kier molecular flexibility index (Phi) is 5.05. The van der Waals surface area contributed by atoms with Gasteiger partial charge in [-0.1, -0.05) is 6.07 Å². The molecule has 0 bridgehead atoms. The maximum atomic E-state index is 13.1. The quantitative estimate of drug-likeness (QED) is 0.831. The van der Waals surface area contributed by atoms with Gasteiger partial charge in [0.25, 0.3) is 0 Å². The Bertz CT molecular complexity index is 442. The van der Waals surface area contributed by atoms with Gasteiger partial charge >= 0.3 is 0 Å². The molecule has 0 saturated carbocycles. The minimum absolute atomic E-state index is 0.0501. The van der Waals surface area contributed by atoms with Crippen LogP contribution in [0.15, 0.2) is 18.2 Å². The molecule has 3 nitrogen and oxygen atoms in total. The summed E-state index contributed by atoms with van der Waals surface area (Å²) in [6.07, 6.45) is 2.55. The Morgan fingerprint density at radius 3 is 2.89 bits per heavy atom. The van der Waals surface area contributed by atoms with Crippen LogP contribution in [-0.2, 0) is 4.74 Å². The zero-order valence-corrected chi connectivity index (χ0v) is 11.2. The van der Waals surface area contributed by atoms with Gasteiger partial charge in [0.05, 0.1) is 12.7 Å². The van der Waals surface area contributed by atoms with Gasteiger partial charge < -0.3 is 10.1 Å². The molecule has 1 aliphatic heterocycles. The molecule has 0 atom stereocenters. The fourth-order valence-electron chi connectivity index (χ4n) is 2.31. The lowest BCUT2D eigenvalue weighted by atomic mass is 10.0. The molecule has 0 radical (unpaired) electrons. The summed E-state index contributed by atoms with van der Waals surface area (Å²) in [6.45, 7) is 4.18. The van der Waals surface area contributed by atoms with Crippen LogP contribution in [0.5, 0.6) is 0 Å². The van der Waals surface area contributed by atoms with Crippen molar-refractivity contribution in [3.63, 3.8) is 0 Å². The molecule has 1 heterocycles. The first-order valence-corrected chi connectivity index (χ1v) is 6.78. The smallest absolute Gasteiger partial charge is 0.165 e. The van der Waals surface area contributed by atoms with E-state index in [-0.39, 0.29) is 17.7 Å². The lowest BCUT2D eigenvalue weighted by Gasteiger charge is -2.22. The van der Waals surface area contributed by atoms with Crippen molar-refractivity contribution in [3.8, 4) is 0 Å². The van der Waals surface area contributed by atoms with Gasteiger partial charge in [-0.25, -0.2) is 4.39 Å². The van der Waals surface area contributed by atoms with Crippen molar-refractivity contribution in [2.24, 2.45) is 0 Å². The molecule has 2 rings (SSSR count). The van der Waals surface area contributed by atoms with Crippen molar-refractivity contribution in [1.29, 1.82) is 0 Å². The highest BCUT2D eigenvalue weighted by atomic mass is 19.1. The van der Waals surface area contributed by atoms with Crippen molar-refractivity contribution in [2.45, 2.75) is 32.3 Å². The molecule has 0 amide bonds. The van der Waals surface area contributed by atoms with E-state index in [9.17, 15) is 9.18 Å². The van der Waals surface area contributed by atoms with Gasteiger partial charge in [0, 0.05) is 12.0 Å². The van der Waals surface area contributed by atoms with E-state index in [0.717, 1.165) is 31.5 Å². The zero-order valence-electron chi connectivity index (χ0n) is 11.2. The molecule has 0 aromatic heterocycles. The maximum absolute atomic E-state index is 13.1. The maximum Gasteiger partial charge on any atom is 0.165 e. The minimum atomic E-state index is -0.367. The molecule has 1 aliphatic rings. The number of piperidine rings is 1. The summed E-state index contributed by atoms with van der Waals surface area (Å²) in [5.74, 6) is -0.417. The highest BCUT2D eigenvalue weighted by Gasteiger charge is 2.15. The zero-order chi connectivity index (χ0) is 13.7. The fraction of sp³-hybridized carbons (Fsp3) is 0.533. The third-order valence-corrected chi connectivity index (χ3v) is 3.47. The van der Waals surface area contributed by atoms with Crippen LogP contribution in [0, 0.1) is 12.7 Å². The summed E-state index contributed by atoms with van der Waals surface area (Å²) in [4.78, 5) is 12.0. The second-order valence-corrected chi connectivity index (χ2v) is 4.95. The van der Waals surface area contributed by atoms with Crippen LogP contribution in [0.2, 0.25) is 0 Å². The minimum Gasteiger partial charge on any atom is -0.378 e.